The summed E-state index contributed by atoms with van der Waals surface area (Å²) in [5, 5.41) is 17.5. The van der Waals surface area contributed by atoms with Gasteiger partial charge in [0.05, 0.1) is 12.7 Å². The Kier molecular flexibility index (Phi) is 13.8. The number of aliphatic hydroxyl groups excluding tert-OH is 1. The maximum absolute atomic E-state index is 13.0. The molecule has 1 saturated heterocycles. The molecule has 0 bridgehead atoms. The van der Waals surface area contributed by atoms with Gasteiger partial charge in [0.25, 0.3) is 0 Å². The molecular formula is C30H52N2O4. The topological polar surface area (TPSA) is 79.8 Å². The number of piperidine rings is 1. The zero-order valence-corrected chi connectivity index (χ0v) is 23.6. The van der Waals surface area contributed by atoms with Crippen molar-refractivity contribution in [3.8, 4) is 5.75 Å². The van der Waals surface area contributed by atoms with E-state index in [4.69, 9.17) is 9.47 Å². The van der Waals surface area contributed by atoms with Gasteiger partial charge >= 0.3 is 0 Å². The van der Waals surface area contributed by atoms with Crippen molar-refractivity contribution in [1.82, 2.24) is 10.6 Å². The lowest BCUT2D eigenvalue weighted by Gasteiger charge is -2.29. The van der Waals surface area contributed by atoms with Crippen LogP contribution in [0.4, 0.5) is 0 Å². The Morgan fingerprint density at radius 3 is 2.47 bits per heavy atom. The number of hydrogen-bond acceptors (Lipinski definition) is 5. The van der Waals surface area contributed by atoms with Crippen LogP contribution in [-0.4, -0.2) is 56.6 Å². The zero-order valence-electron chi connectivity index (χ0n) is 23.6. The number of aliphatic hydroxyl groups is 1. The van der Waals surface area contributed by atoms with Crippen molar-refractivity contribution in [2.75, 3.05) is 33.4 Å². The van der Waals surface area contributed by atoms with Crippen LogP contribution < -0.4 is 15.4 Å². The van der Waals surface area contributed by atoms with E-state index in [9.17, 15) is 9.90 Å². The van der Waals surface area contributed by atoms with Crippen molar-refractivity contribution in [3.63, 3.8) is 0 Å². The summed E-state index contributed by atoms with van der Waals surface area (Å²) in [6.45, 7) is 14.0. The molecule has 1 fully saturated rings. The standard InChI is InChI=1S/C30H52N2O4/c1-21(2)25(18-24-9-8-23(5)29(19-24)36-17-7-16-35-6)10-11-27(33)20-28(22(3)4)30(34)32-26-12-14-31-15-13-26/h8-9,19,21-22,25-28,31,33H,7,10-18,20H2,1-6H3,(H,32,34)/t25?,27-,28+/m1/s1. The molecule has 0 aromatic heterocycles. The Balaban J connectivity index is 1.90. The van der Waals surface area contributed by atoms with Gasteiger partial charge in [-0.05, 0) is 93.5 Å². The van der Waals surface area contributed by atoms with Crippen molar-refractivity contribution in [2.45, 2.75) is 91.7 Å². The van der Waals surface area contributed by atoms with Crippen LogP contribution in [0.1, 0.15) is 77.3 Å². The quantitative estimate of drug-likeness (QED) is 0.279. The number of methoxy groups -OCH3 is 1. The van der Waals surface area contributed by atoms with Gasteiger partial charge in [0.15, 0.2) is 0 Å². The minimum absolute atomic E-state index is 0.106. The van der Waals surface area contributed by atoms with E-state index in [0.717, 1.165) is 62.9 Å². The van der Waals surface area contributed by atoms with E-state index >= 15 is 0 Å². The maximum atomic E-state index is 13.0. The Hall–Kier alpha value is -1.63. The van der Waals surface area contributed by atoms with Gasteiger partial charge in [0, 0.05) is 32.1 Å². The molecule has 0 radical (unpaired) electrons. The largest absolute Gasteiger partial charge is 0.493 e. The summed E-state index contributed by atoms with van der Waals surface area (Å²) in [6.07, 6.45) is 5.53. The third-order valence-corrected chi connectivity index (χ3v) is 7.67. The Morgan fingerprint density at radius 1 is 1.11 bits per heavy atom. The summed E-state index contributed by atoms with van der Waals surface area (Å²) in [7, 11) is 1.71. The van der Waals surface area contributed by atoms with Crippen LogP contribution in [0.15, 0.2) is 18.2 Å². The van der Waals surface area contributed by atoms with Crippen LogP contribution in [-0.2, 0) is 16.0 Å². The fourth-order valence-corrected chi connectivity index (χ4v) is 5.06. The molecule has 0 aliphatic carbocycles. The fraction of sp³-hybridized carbons (Fsp3) is 0.767. The number of carbonyl (C=O) groups excluding carboxylic acids is 1. The Bertz CT molecular complexity index is 761. The molecule has 3 atom stereocenters. The second-order valence-corrected chi connectivity index (χ2v) is 11.4. The lowest BCUT2D eigenvalue weighted by Crippen LogP contribution is -2.46. The minimum atomic E-state index is -0.463. The molecule has 1 aliphatic heterocycles. The molecule has 206 valence electrons. The first-order chi connectivity index (χ1) is 17.2. The predicted octanol–water partition coefficient (Wildman–Crippen LogP) is 4.90. The van der Waals surface area contributed by atoms with Crippen LogP contribution in [0, 0.1) is 30.6 Å². The molecule has 1 aromatic carbocycles. The third kappa shape index (κ3) is 10.8. The van der Waals surface area contributed by atoms with Gasteiger partial charge in [-0.3, -0.25) is 4.79 Å². The van der Waals surface area contributed by atoms with Crippen molar-refractivity contribution in [1.29, 1.82) is 0 Å². The van der Waals surface area contributed by atoms with E-state index in [2.05, 4.69) is 63.5 Å². The van der Waals surface area contributed by atoms with Crippen molar-refractivity contribution in [2.24, 2.45) is 23.7 Å². The Morgan fingerprint density at radius 2 is 1.83 bits per heavy atom. The van der Waals surface area contributed by atoms with E-state index in [0.29, 0.717) is 31.5 Å². The molecule has 0 spiro atoms. The maximum Gasteiger partial charge on any atom is 0.223 e. The smallest absolute Gasteiger partial charge is 0.223 e. The number of carbonyl (C=O) groups is 1. The fourth-order valence-electron chi connectivity index (χ4n) is 5.06. The summed E-state index contributed by atoms with van der Waals surface area (Å²) in [6, 6.07) is 6.77. The summed E-state index contributed by atoms with van der Waals surface area (Å²) in [4.78, 5) is 13.0. The first-order valence-corrected chi connectivity index (χ1v) is 14.1. The van der Waals surface area contributed by atoms with Crippen LogP contribution in [0.25, 0.3) is 0 Å². The van der Waals surface area contributed by atoms with Gasteiger partial charge < -0.3 is 25.2 Å². The lowest BCUT2D eigenvalue weighted by atomic mass is 9.82. The molecular weight excluding hydrogens is 452 g/mol. The minimum Gasteiger partial charge on any atom is -0.493 e. The van der Waals surface area contributed by atoms with Gasteiger partial charge in [-0.2, -0.15) is 0 Å². The van der Waals surface area contributed by atoms with Crippen molar-refractivity contribution >= 4 is 5.91 Å². The SMILES string of the molecule is COCCCOc1cc(CC(CC[C@@H](O)C[C@H](C(=O)NC2CCNCC2)C(C)C)C(C)C)ccc1C. The van der Waals surface area contributed by atoms with Crippen LogP contribution >= 0.6 is 0 Å². The van der Waals surface area contributed by atoms with Gasteiger partial charge in [-0.15, -0.1) is 0 Å². The molecule has 0 saturated carbocycles. The number of nitrogens with one attached hydrogen (secondary N) is 2. The van der Waals surface area contributed by atoms with Crippen molar-refractivity contribution in [3.05, 3.63) is 29.3 Å². The summed E-state index contributed by atoms with van der Waals surface area (Å²) < 4.78 is 11.1. The highest BCUT2D eigenvalue weighted by atomic mass is 16.5. The molecule has 3 N–H and O–H groups in total. The van der Waals surface area contributed by atoms with Gasteiger partial charge in [-0.1, -0.05) is 39.8 Å². The number of rotatable bonds is 16. The molecule has 1 heterocycles. The highest BCUT2D eigenvalue weighted by Gasteiger charge is 2.28. The van der Waals surface area contributed by atoms with Gasteiger partial charge in [-0.25, -0.2) is 0 Å². The molecule has 1 aromatic rings. The van der Waals surface area contributed by atoms with Gasteiger partial charge in [0.2, 0.25) is 5.91 Å². The Labute approximate surface area is 219 Å². The number of benzene rings is 1. The number of hydrogen-bond donors (Lipinski definition) is 3. The van der Waals surface area contributed by atoms with E-state index in [-0.39, 0.29) is 23.8 Å². The first kappa shape index (κ1) is 30.6. The molecule has 36 heavy (non-hydrogen) atoms. The zero-order chi connectivity index (χ0) is 26.5. The molecule has 6 nitrogen and oxygen atoms in total. The van der Waals surface area contributed by atoms with Crippen LogP contribution in [0.5, 0.6) is 5.75 Å². The summed E-state index contributed by atoms with van der Waals surface area (Å²) in [5.41, 5.74) is 2.42. The first-order valence-electron chi connectivity index (χ1n) is 14.1. The number of ether oxygens (including phenoxy) is 2. The van der Waals surface area contributed by atoms with Gasteiger partial charge in [0.1, 0.15) is 5.75 Å². The van der Waals surface area contributed by atoms with Crippen molar-refractivity contribution < 1.29 is 19.4 Å². The highest BCUT2D eigenvalue weighted by Crippen LogP contribution is 2.28. The van der Waals surface area contributed by atoms with Crippen LogP contribution in [0.2, 0.25) is 0 Å². The average Bonchev–Trinajstić information content (AvgIpc) is 2.84. The molecule has 1 amide bonds. The molecule has 1 aliphatic rings. The number of aryl methyl sites for hydroxylation is 1. The molecule has 1 unspecified atom stereocenters. The third-order valence-electron chi connectivity index (χ3n) is 7.67. The second kappa shape index (κ2) is 16.3. The monoisotopic (exact) mass is 504 g/mol. The lowest BCUT2D eigenvalue weighted by molar-refractivity contribution is -0.128. The normalized spacial score (nSPS) is 17.2. The van der Waals surface area contributed by atoms with E-state index < -0.39 is 6.10 Å². The second-order valence-electron chi connectivity index (χ2n) is 11.4. The van der Waals surface area contributed by atoms with Crippen LogP contribution in [0.3, 0.4) is 0 Å². The average molecular weight is 505 g/mol. The molecule has 6 heteroatoms. The van der Waals surface area contributed by atoms with E-state index in [1.54, 1.807) is 7.11 Å². The highest BCUT2D eigenvalue weighted by molar-refractivity contribution is 5.79. The summed E-state index contributed by atoms with van der Waals surface area (Å²) >= 11 is 0. The summed E-state index contributed by atoms with van der Waals surface area (Å²) in [5.74, 6) is 2.08. The predicted molar refractivity (Wildman–Crippen MR) is 147 cm³/mol. The van der Waals surface area contributed by atoms with E-state index in [1.807, 2.05) is 0 Å². The number of amides is 1. The van der Waals surface area contributed by atoms with E-state index in [1.165, 1.54) is 5.56 Å². The molecule has 2 rings (SSSR count).